The maximum atomic E-state index is 13.3. The second-order valence-electron chi connectivity index (χ2n) is 6.23. The van der Waals surface area contributed by atoms with Gasteiger partial charge in [0.2, 0.25) is 0 Å². The third-order valence-corrected chi connectivity index (χ3v) is 3.85. The number of hydrogen-bond acceptors (Lipinski definition) is 2. The van der Waals surface area contributed by atoms with Crippen LogP contribution in [0, 0.1) is 0 Å². The first-order valence-electron chi connectivity index (χ1n) is 7.15. The van der Waals surface area contributed by atoms with Crippen molar-refractivity contribution in [2.24, 2.45) is 0 Å². The molecule has 1 rings (SSSR count). The highest BCUT2D eigenvalue weighted by molar-refractivity contribution is 7.45. The summed E-state index contributed by atoms with van der Waals surface area (Å²) in [6, 6.07) is -0.566. The van der Waals surface area contributed by atoms with Gasteiger partial charge in [-0.1, -0.05) is 6.42 Å². The Hall–Kier alpha value is -0.420. The molecule has 2 atom stereocenters. The fraction of sp³-hybridized carbons (Fsp3) is 1.00. The summed E-state index contributed by atoms with van der Waals surface area (Å²) in [7, 11) is -4.64. The van der Waals surface area contributed by atoms with Gasteiger partial charge in [0, 0.05) is 18.0 Å². The van der Waals surface area contributed by atoms with E-state index in [4.69, 9.17) is 19.2 Å². The molecule has 2 unspecified atom stereocenters. The highest BCUT2D eigenvalue weighted by atomic mass is 31.2. The summed E-state index contributed by atoms with van der Waals surface area (Å²) in [5.41, 5.74) is -1.58. The molecule has 0 aromatic carbocycles. The van der Waals surface area contributed by atoms with E-state index in [0.717, 1.165) is 4.90 Å². The van der Waals surface area contributed by atoms with Crippen LogP contribution in [0.4, 0.5) is 30.7 Å². The Morgan fingerprint density at radius 1 is 1.20 bits per heavy atom. The highest BCUT2D eigenvalue weighted by Crippen LogP contribution is 2.42. The molecular formula is C12H21F7NO4P. The zero-order chi connectivity index (χ0) is 20.3. The Morgan fingerprint density at radius 3 is 2.00 bits per heavy atom. The Balaban J connectivity index is 0.00000101. The van der Waals surface area contributed by atoms with Crippen LogP contribution in [0.1, 0.15) is 39.5 Å². The van der Waals surface area contributed by atoms with Crippen molar-refractivity contribution in [1.82, 2.24) is 4.90 Å². The molecule has 1 heterocycles. The zero-order valence-electron chi connectivity index (χ0n) is 13.5. The normalized spacial score (nSPS) is 26.4. The van der Waals surface area contributed by atoms with Crippen molar-refractivity contribution in [2.45, 2.75) is 69.6 Å². The molecule has 0 aromatic heterocycles. The smallest absolute Gasteiger partial charge is 0.303 e. The third kappa shape index (κ3) is 9.74. The van der Waals surface area contributed by atoms with Crippen molar-refractivity contribution < 1.29 is 50.0 Å². The maximum absolute atomic E-state index is 13.3. The molecule has 0 aliphatic carbocycles. The Kier molecular flexibility index (Phi) is 8.37. The molecule has 13 heteroatoms. The quantitative estimate of drug-likeness (QED) is 0.491. The number of piperidine rings is 1. The van der Waals surface area contributed by atoms with Crippen LogP contribution in [0.15, 0.2) is 0 Å². The summed E-state index contributed by atoms with van der Waals surface area (Å²) in [6.07, 6.45) is -8.75. The fourth-order valence-corrected chi connectivity index (χ4v) is 2.92. The van der Waals surface area contributed by atoms with Crippen LogP contribution in [-0.2, 0) is 4.57 Å². The van der Waals surface area contributed by atoms with Crippen LogP contribution in [0.2, 0.25) is 0 Å². The number of halogens is 7. The van der Waals surface area contributed by atoms with Gasteiger partial charge in [-0.05, 0) is 26.7 Å². The molecule has 0 bridgehead atoms. The average Bonchev–Trinajstić information content (AvgIpc) is 2.30. The number of nitrogens with zero attached hydrogens (tertiary/aromatic N) is 1. The van der Waals surface area contributed by atoms with Crippen LogP contribution < -0.4 is 0 Å². The van der Waals surface area contributed by atoms with Gasteiger partial charge in [-0.2, -0.15) is 13.2 Å². The molecule has 1 saturated heterocycles. The first-order valence-corrected chi connectivity index (χ1v) is 8.72. The molecule has 0 aromatic rings. The molecule has 1 aliphatic rings. The predicted molar refractivity (Wildman–Crippen MR) is 74.3 cm³/mol. The lowest BCUT2D eigenvalue weighted by Crippen LogP contribution is -2.59. The van der Waals surface area contributed by atoms with Gasteiger partial charge in [0.1, 0.15) is 0 Å². The lowest BCUT2D eigenvalue weighted by Gasteiger charge is -2.50. The van der Waals surface area contributed by atoms with E-state index in [2.05, 4.69) is 0 Å². The van der Waals surface area contributed by atoms with Crippen LogP contribution in [0.25, 0.3) is 0 Å². The van der Waals surface area contributed by atoms with Crippen molar-refractivity contribution in [3.63, 3.8) is 0 Å². The van der Waals surface area contributed by atoms with E-state index in [-0.39, 0.29) is 6.42 Å². The molecule has 3 N–H and O–H groups in total. The summed E-state index contributed by atoms with van der Waals surface area (Å²) < 4.78 is 97.7. The van der Waals surface area contributed by atoms with Crippen LogP contribution >= 0.6 is 7.82 Å². The van der Waals surface area contributed by atoms with Crippen LogP contribution in [0.5, 0.6) is 0 Å². The summed E-state index contributed by atoms with van der Waals surface area (Å²) in [5.74, 6) is -4.28. The first-order chi connectivity index (χ1) is 10.9. The van der Waals surface area contributed by atoms with Gasteiger partial charge >= 0.3 is 26.3 Å². The predicted octanol–water partition coefficient (Wildman–Crippen LogP) is 3.54. The topological polar surface area (TPSA) is 81.0 Å². The van der Waals surface area contributed by atoms with Gasteiger partial charge < -0.3 is 14.7 Å². The lowest BCUT2D eigenvalue weighted by molar-refractivity contribution is -0.195. The van der Waals surface area contributed by atoms with E-state index in [9.17, 15) is 30.7 Å². The molecule has 1 aliphatic heterocycles. The first kappa shape index (κ1) is 24.6. The Bertz CT molecular complexity index is 463. The summed E-state index contributed by atoms with van der Waals surface area (Å²) >= 11 is 0. The largest absolute Gasteiger partial charge is 0.466 e. The number of likely N-dealkylation sites (tertiary alicyclic amines) is 1. The number of rotatable bonds is 4. The van der Waals surface area contributed by atoms with Gasteiger partial charge in [0.25, 0.3) is 0 Å². The standard InChI is InChI=1S/C12H18F7N.H3O4P/c1-8-4-3-5-10(2,6-11(15,16)9(13)14)20(8)7-12(17,18)19;1-5(2,3)4/h8-9H,3-7H2,1-2H3;(H3,1,2,3,4). The maximum Gasteiger partial charge on any atom is 0.466 e. The second kappa shape index (κ2) is 8.51. The van der Waals surface area contributed by atoms with E-state index in [0.29, 0.717) is 12.8 Å². The Labute approximate surface area is 140 Å². The molecule has 0 amide bonds. The third-order valence-electron chi connectivity index (χ3n) is 3.85. The van der Waals surface area contributed by atoms with Gasteiger partial charge in [-0.25, -0.2) is 22.1 Å². The fourth-order valence-electron chi connectivity index (χ4n) is 2.92. The van der Waals surface area contributed by atoms with Crippen molar-refractivity contribution in [1.29, 1.82) is 0 Å². The minimum Gasteiger partial charge on any atom is -0.303 e. The monoisotopic (exact) mass is 407 g/mol. The molecule has 5 nitrogen and oxygen atoms in total. The van der Waals surface area contributed by atoms with Crippen molar-refractivity contribution in [2.75, 3.05) is 6.54 Å². The minimum absolute atomic E-state index is 0.0513. The van der Waals surface area contributed by atoms with Gasteiger partial charge in [-0.3, -0.25) is 4.90 Å². The number of hydrogen-bond donors (Lipinski definition) is 3. The van der Waals surface area contributed by atoms with Crippen molar-refractivity contribution in [3.8, 4) is 0 Å². The van der Waals surface area contributed by atoms with Crippen molar-refractivity contribution in [3.05, 3.63) is 0 Å². The van der Waals surface area contributed by atoms with E-state index in [1.807, 2.05) is 0 Å². The summed E-state index contributed by atoms with van der Waals surface area (Å²) in [4.78, 5) is 22.5. The summed E-state index contributed by atoms with van der Waals surface area (Å²) in [6.45, 7) is 1.36. The van der Waals surface area contributed by atoms with Crippen molar-refractivity contribution >= 4 is 7.82 Å². The van der Waals surface area contributed by atoms with E-state index in [1.165, 1.54) is 13.8 Å². The van der Waals surface area contributed by atoms with E-state index >= 15 is 0 Å². The van der Waals surface area contributed by atoms with E-state index in [1.54, 1.807) is 0 Å². The van der Waals surface area contributed by atoms with Gasteiger partial charge in [0.15, 0.2) is 0 Å². The molecular weight excluding hydrogens is 386 g/mol. The molecule has 0 spiro atoms. The minimum atomic E-state index is -4.64. The lowest BCUT2D eigenvalue weighted by atomic mass is 9.80. The zero-order valence-corrected chi connectivity index (χ0v) is 14.4. The Morgan fingerprint density at radius 2 is 1.64 bits per heavy atom. The molecule has 0 radical (unpaired) electrons. The molecule has 1 fully saturated rings. The van der Waals surface area contributed by atoms with E-state index < -0.39 is 50.9 Å². The van der Waals surface area contributed by atoms with Crippen LogP contribution in [0.3, 0.4) is 0 Å². The van der Waals surface area contributed by atoms with Crippen LogP contribution in [-0.4, -0.2) is 56.2 Å². The number of phosphoric acid groups is 1. The van der Waals surface area contributed by atoms with Gasteiger partial charge in [-0.15, -0.1) is 0 Å². The molecule has 25 heavy (non-hydrogen) atoms. The number of alkyl halides is 7. The SMILES string of the molecule is CC1CCCC(C)(CC(F)(F)C(F)F)N1CC(F)(F)F.O=P(O)(O)O. The van der Waals surface area contributed by atoms with Gasteiger partial charge in [0.05, 0.1) is 6.54 Å². The molecule has 152 valence electrons. The average molecular weight is 407 g/mol. The second-order valence-corrected chi connectivity index (χ2v) is 7.26. The molecule has 0 saturated carbocycles. The highest BCUT2D eigenvalue weighted by Gasteiger charge is 2.52. The summed E-state index contributed by atoms with van der Waals surface area (Å²) in [5, 5.41) is 0.